The number of fused-ring (bicyclic) bond motifs is 1. The molecular weight excluding hydrogens is 280 g/mol. The first-order valence-corrected chi connectivity index (χ1v) is 6.40. The Labute approximate surface area is 125 Å². The minimum absolute atomic E-state index is 0. The van der Waals surface area contributed by atoms with Crippen LogP contribution in [0.3, 0.4) is 0 Å². The molecule has 6 heteroatoms. The molecule has 1 aromatic rings. The summed E-state index contributed by atoms with van der Waals surface area (Å²) in [7, 11) is 1.78. The first kappa shape index (κ1) is 16.6. The number of halogens is 1. The Kier molecular flexibility index (Phi) is 5.65. The van der Waals surface area contributed by atoms with Crippen LogP contribution in [0.5, 0.6) is 11.5 Å². The fourth-order valence-corrected chi connectivity index (χ4v) is 2.08. The van der Waals surface area contributed by atoms with Gasteiger partial charge < -0.3 is 20.1 Å². The number of carbonyl (C=O) groups is 1. The van der Waals surface area contributed by atoms with Crippen LogP contribution in [-0.4, -0.2) is 36.7 Å². The Morgan fingerprint density at radius 2 is 2.00 bits per heavy atom. The quantitative estimate of drug-likeness (QED) is 0.917. The minimum Gasteiger partial charge on any atom is -0.454 e. The Morgan fingerprint density at radius 1 is 1.35 bits per heavy atom. The molecule has 0 saturated carbocycles. The van der Waals surface area contributed by atoms with E-state index >= 15 is 0 Å². The molecule has 5 nitrogen and oxygen atoms in total. The van der Waals surface area contributed by atoms with Gasteiger partial charge in [0.25, 0.3) is 0 Å². The monoisotopic (exact) mass is 300 g/mol. The zero-order chi connectivity index (χ0) is 14.0. The summed E-state index contributed by atoms with van der Waals surface area (Å²) in [6.07, 6.45) is 0.756. The van der Waals surface area contributed by atoms with Gasteiger partial charge in [0.1, 0.15) is 0 Å². The van der Waals surface area contributed by atoms with Gasteiger partial charge in [-0.25, -0.2) is 0 Å². The number of hydrogen-bond donors (Lipinski definition) is 1. The normalized spacial score (nSPS) is 15.2. The lowest BCUT2D eigenvalue weighted by Gasteiger charge is -2.26. The molecule has 20 heavy (non-hydrogen) atoms. The van der Waals surface area contributed by atoms with E-state index in [0.717, 1.165) is 23.5 Å². The van der Waals surface area contributed by atoms with Crippen LogP contribution in [0.2, 0.25) is 0 Å². The highest BCUT2D eigenvalue weighted by molar-refractivity contribution is 5.85. The molecule has 112 valence electrons. The van der Waals surface area contributed by atoms with Crippen molar-refractivity contribution in [2.45, 2.75) is 32.4 Å². The molecule has 0 saturated heterocycles. The lowest BCUT2D eigenvalue weighted by Crippen LogP contribution is -2.44. The number of hydrogen-bond acceptors (Lipinski definition) is 4. The van der Waals surface area contributed by atoms with Gasteiger partial charge in [-0.15, -0.1) is 12.4 Å². The van der Waals surface area contributed by atoms with Crippen LogP contribution < -0.4 is 15.2 Å². The third-order valence-electron chi connectivity index (χ3n) is 3.37. The van der Waals surface area contributed by atoms with Gasteiger partial charge in [0.2, 0.25) is 12.7 Å². The van der Waals surface area contributed by atoms with Crippen molar-refractivity contribution in [1.29, 1.82) is 0 Å². The maximum absolute atomic E-state index is 11.8. The highest BCUT2D eigenvalue weighted by atomic mass is 35.5. The van der Waals surface area contributed by atoms with E-state index in [2.05, 4.69) is 0 Å². The molecule has 0 aliphatic carbocycles. The van der Waals surface area contributed by atoms with Crippen LogP contribution in [0, 0.1) is 0 Å². The average molecular weight is 301 g/mol. The predicted octanol–water partition coefficient (Wildman–Crippen LogP) is 1.57. The van der Waals surface area contributed by atoms with E-state index in [0.29, 0.717) is 0 Å². The number of amides is 1. The summed E-state index contributed by atoms with van der Waals surface area (Å²) in [5.74, 6) is 1.50. The molecule has 2 rings (SSSR count). The summed E-state index contributed by atoms with van der Waals surface area (Å²) < 4.78 is 10.6. The van der Waals surface area contributed by atoms with Crippen molar-refractivity contribution in [3.8, 4) is 11.5 Å². The van der Waals surface area contributed by atoms with E-state index in [1.807, 2.05) is 25.1 Å². The fraction of sp³-hybridized carbons (Fsp3) is 0.500. The molecule has 0 spiro atoms. The van der Waals surface area contributed by atoms with Crippen LogP contribution in [0.25, 0.3) is 0 Å². The highest BCUT2D eigenvalue weighted by Gasteiger charge is 2.20. The lowest BCUT2D eigenvalue weighted by molar-refractivity contribution is -0.132. The van der Waals surface area contributed by atoms with Gasteiger partial charge in [0.15, 0.2) is 11.5 Å². The number of carbonyl (C=O) groups excluding carboxylic acids is 1. The van der Waals surface area contributed by atoms with E-state index < -0.39 is 6.04 Å². The predicted molar refractivity (Wildman–Crippen MR) is 79.4 cm³/mol. The van der Waals surface area contributed by atoms with E-state index in [1.54, 1.807) is 18.9 Å². The standard InChI is InChI=1S/C14H20N2O3.ClH/c1-9(16(3)14(17)10(2)15)6-11-4-5-12-13(7-11)19-8-18-12;/h4-5,7,9-10H,6,8,15H2,1-3H3;1H. The van der Waals surface area contributed by atoms with Crippen molar-refractivity contribution in [2.24, 2.45) is 5.73 Å². The Balaban J connectivity index is 0.00000200. The molecule has 1 amide bonds. The number of benzene rings is 1. The Morgan fingerprint density at radius 3 is 2.65 bits per heavy atom. The SMILES string of the molecule is CC(N)C(=O)N(C)C(C)Cc1ccc2c(c1)OCO2.Cl. The topological polar surface area (TPSA) is 64.8 Å². The maximum Gasteiger partial charge on any atom is 0.239 e. The maximum atomic E-state index is 11.8. The number of nitrogens with zero attached hydrogens (tertiary/aromatic N) is 1. The highest BCUT2D eigenvalue weighted by Crippen LogP contribution is 2.32. The number of ether oxygens (including phenoxy) is 2. The zero-order valence-electron chi connectivity index (χ0n) is 12.0. The van der Waals surface area contributed by atoms with Crippen molar-refractivity contribution < 1.29 is 14.3 Å². The van der Waals surface area contributed by atoms with E-state index in [9.17, 15) is 4.79 Å². The molecule has 1 aliphatic heterocycles. The fourth-order valence-electron chi connectivity index (χ4n) is 2.08. The lowest BCUT2D eigenvalue weighted by atomic mass is 10.1. The van der Waals surface area contributed by atoms with Crippen molar-refractivity contribution in [3.63, 3.8) is 0 Å². The van der Waals surface area contributed by atoms with Gasteiger partial charge in [-0.05, 0) is 38.0 Å². The largest absolute Gasteiger partial charge is 0.454 e. The van der Waals surface area contributed by atoms with Crippen LogP contribution in [0.1, 0.15) is 19.4 Å². The van der Waals surface area contributed by atoms with Gasteiger partial charge >= 0.3 is 0 Å². The molecule has 2 unspecified atom stereocenters. The van der Waals surface area contributed by atoms with E-state index in [1.165, 1.54) is 0 Å². The van der Waals surface area contributed by atoms with Gasteiger partial charge in [-0.1, -0.05) is 6.07 Å². The van der Waals surface area contributed by atoms with Gasteiger partial charge in [0, 0.05) is 13.1 Å². The Bertz CT molecular complexity index is 479. The summed E-state index contributed by atoms with van der Waals surface area (Å²) >= 11 is 0. The summed E-state index contributed by atoms with van der Waals surface area (Å²) in [5, 5.41) is 0. The van der Waals surface area contributed by atoms with Gasteiger partial charge in [0.05, 0.1) is 6.04 Å². The van der Waals surface area contributed by atoms with Gasteiger partial charge in [-0.3, -0.25) is 4.79 Å². The number of likely N-dealkylation sites (N-methyl/N-ethyl adjacent to an activating group) is 1. The molecule has 2 atom stereocenters. The molecule has 1 heterocycles. The second kappa shape index (κ2) is 6.81. The second-order valence-corrected chi connectivity index (χ2v) is 4.98. The third-order valence-corrected chi connectivity index (χ3v) is 3.37. The van der Waals surface area contributed by atoms with E-state index in [4.69, 9.17) is 15.2 Å². The number of rotatable bonds is 4. The van der Waals surface area contributed by atoms with Crippen molar-refractivity contribution >= 4 is 18.3 Å². The van der Waals surface area contributed by atoms with E-state index in [-0.39, 0.29) is 31.1 Å². The van der Waals surface area contributed by atoms with Crippen molar-refractivity contribution in [3.05, 3.63) is 23.8 Å². The molecule has 0 radical (unpaired) electrons. The molecule has 0 bridgehead atoms. The molecule has 1 aliphatic rings. The van der Waals surface area contributed by atoms with Crippen molar-refractivity contribution in [1.82, 2.24) is 4.90 Å². The van der Waals surface area contributed by atoms with Crippen LogP contribution >= 0.6 is 12.4 Å². The second-order valence-electron chi connectivity index (χ2n) is 4.98. The molecule has 2 N–H and O–H groups in total. The first-order valence-electron chi connectivity index (χ1n) is 6.40. The Hall–Kier alpha value is -1.46. The smallest absolute Gasteiger partial charge is 0.239 e. The van der Waals surface area contributed by atoms with Crippen LogP contribution in [0.15, 0.2) is 18.2 Å². The molecular formula is C14H21ClN2O3. The summed E-state index contributed by atoms with van der Waals surface area (Å²) in [6.45, 7) is 3.98. The zero-order valence-corrected chi connectivity index (χ0v) is 12.8. The van der Waals surface area contributed by atoms with Crippen LogP contribution in [-0.2, 0) is 11.2 Å². The molecule has 1 aromatic carbocycles. The third kappa shape index (κ3) is 3.55. The molecule has 0 aromatic heterocycles. The first-order chi connectivity index (χ1) is 8.99. The van der Waals surface area contributed by atoms with Gasteiger partial charge in [-0.2, -0.15) is 0 Å². The minimum atomic E-state index is -0.468. The number of nitrogens with two attached hydrogens (primary N) is 1. The summed E-state index contributed by atoms with van der Waals surface area (Å²) in [5.41, 5.74) is 6.73. The molecule has 0 fully saturated rings. The van der Waals surface area contributed by atoms with Crippen molar-refractivity contribution in [2.75, 3.05) is 13.8 Å². The summed E-state index contributed by atoms with van der Waals surface area (Å²) in [4.78, 5) is 13.5. The summed E-state index contributed by atoms with van der Waals surface area (Å²) in [6, 6.07) is 5.47. The average Bonchev–Trinajstić information content (AvgIpc) is 2.84. The van der Waals surface area contributed by atoms with Crippen LogP contribution in [0.4, 0.5) is 0 Å².